The zero-order valence-electron chi connectivity index (χ0n) is 11.5. The molecular weight excluding hydrogens is 363 g/mol. The average Bonchev–Trinajstić information content (AvgIpc) is 2.38. The topological polar surface area (TPSA) is 66.5 Å². The minimum Gasteiger partial charge on any atom is -0.354 e. The van der Waals surface area contributed by atoms with E-state index in [0.717, 1.165) is 6.07 Å². The van der Waals surface area contributed by atoms with E-state index in [1.807, 2.05) is 0 Å². The second kappa shape index (κ2) is 6.41. The number of sulfonamides is 1. The zero-order valence-corrected chi connectivity index (χ0v) is 13.9. The molecule has 0 aliphatic carbocycles. The van der Waals surface area contributed by atoms with Crippen LogP contribution >= 0.6 is 15.9 Å². The van der Waals surface area contributed by atoms with Gasteiger partial charge in [0.2, 0.25) is 15.9 Å². The van der Waals surface area contributed by atoms with Gasteiger partial charge >= 0.3 is 0 Å². The minimum absolute atomic E-state index is 0.0243. The molecule has 0 spiro atoms. The molecule has 5 nitrogen and oxygen atoms in total. The largest absolute Gasteiger partial charge is 0.354 e. The van der Waals surface area contributed by atoms with E-state index in [0.29, 0.717) is 17.3 Å². The predicted octanol–water partition coefficient (Wildman–Crippen LogP) is 1.88. The minimum atomic E-state index is -3.84. The van der Waals surface area contributed by atoms with Crippen molar-refractivity contribution in [3.05, 3.63) is 28.5 Å². The number of nitrogens with one attached hydrogen (secondary N) is 1. The maximum atomic E-state index is 13.9. The molecule has 1 N–H and O–H groups in total. The van der Waals surface area contributed by atoms with E-state index in [2.05, 4.69) is 21.2 Å². The number of carbonyl (C=O) groups is 1. The first kappa shape index (κ1) is 16.4. The standard InChI is InChI=1S/C13H16BrFN2O3S/c1-9(18)16-11-4-6-17(7-5-11)21(19,20)13-3-2-10(14)8-12(13)15/h2-3,8,11H,4-7H2,1H3,(H,16,18). The second-order valence-corrected chi connectivity index (χ2v) is 7.78. The van der Waals surface area contributed by atoms with Gasteiger partial charge in [-0.3, -0.25) is 4.79 Å². The van der Waals surface area contributed by atoms with Crippen molar-refractivity contribution in [1.29, 1.82) is 0 Å². The Morgan fingerprint density at radius 3 is 2.52 bits per heavy atom. The summed E-state index contributed by atoms with van der Waals surface area (Å²) in [4.78, 5) is 10.7. The molecule has 1 aromatic carbocycles. The van der Waals surface area contributed by atoms with E-state index in [1.54, 1.807) is 0 Å². The van der Waals surface area contributed by atoms with Crippen LogP contribution in [0.1, 0.15) is 19.8 Å². The Bertz CT molecular complexity index is 643. The SMILES string of the molecule is CC(=O)NC1CCN(S(=O)(=O)c2ccc(Br)cc2F)CC1. The van der Waals surface area contributed by atoms with E-state index in [4.69, 9.17) is 0 Å². The summed E-state index contributed by atoms with van der Waals surface area (Å²) in [6.45, 7) is 1.96. The first-order valence-electron chi connectivity index (χ1n) is 6.53. The number of carbonyl (C=O) groups excluding carboxylic acids is 1. The molecule has 1 fully saturated rings. The van der Waals surface area contributed by atoms with E-state index < -0.39 is 15.8 Å². The Kier molecular flexibility index (Phi) is 5.00. The van der Waals surface area contributed by atoms with E-state index in [-0.39, 0.29) is 29.9 Å². The molecule has 0 saturated carbocycles. The number of benzene rings is 1. The Labute approximate surface area is 131 Å². The Morgan fingerprint density at radius 2 is 2.00 bits per heavy atom. The van der Waals surface area contributed by atoms with Gasteiger partial charge in [0, 0.05) is 30.5 Å². The fraction of sp³-hybridized carbons (Fsp3) is 0.462. The van der Waals surface area contributed by atoms with Crippen LogP contribution in [0.2, 0.25) is 0 Å². The van der Waals surface area contributed by atoms with E-state index >= 15 is 0 Å². The summed E-state index contributed by atoms with van der Waals surface area (Å²) in [5.74, 6) is -0.899. The predicted molar refractivity (Wildman–Crippen MR) is 79.7 cm³/mol. The normalized spacial score (nSPS) is 17.7. The molecule has 2 rings (SSSR count). The van der Waals surface area contributed by atoms with Crippen molar-refractivity contribution in [1.82, 2.24) is 9.62 Å². The second-order valence-electron chi connectivity index (χ2n) is 4.95. The third kappa shape index (κ3) is 3.81. The molecule has 0 radical (unpaired) electrons. The highest BCUT2D eigenvalue weighted by atomic mass is 79.9. The lowest BCUT2D eigenvalue weighted by atomic mass is 10.1. The highest BCUT2D eigenvalue weighted by Gasteiger charge is 2.31. The van der Waals surface area contributed by atoms with Crippen molar-refractivity contribution in [2.45, 2.75) is 30.7 Å². The summed E-state index contributed by atoms with van der Waals surface area (Å²) in [6.07, 6.45) is 1.05. The van der Waals surface area contributed by atoms with Gasteiger partial charge in [-0.15, -0.1) is 0 Å². The van der Waals surface area contributed by atoms with Crippen LogP contribution in [0.5, 0.6) is 0 Å². The summed E-state index contributed by atoms with van der Waals surface area (Å²) in [5.41, 5.74) is 0. The summed E-state index contributed by atoms with van der Waals surface area (Å²) >= 11 is 3.10. The number of amides is 1. The van der Waals surface area contributed by atoms with Crippen LogP contribution in [0.25, 0.3) is 0 Å². The van der Waals surface area contributed by atoms with Crippen molar-refractivity contribution in [2.75, 3.05) is 13.1 Å². The molecule has 8 heteroatoms. The average molecular weight is 379 g/mol. The summed E-state index contributed by atoms with van der Waals surface area (Å²) < 4.78 is 40.5. The van der Waals surface area contributed by atoms with Crippen LogP contribution in [-0.4, -0.2) is 37.8 Å². The van der Waals surface area contributed by atoms with Gasteiger partial charge in [0.1, 0.15) is 10.7 Å². The number of halogens is 2. The van der Waals surface area contributed by atoms with Crippen LogP contribution in [0.4, 0.5) is 4.39 Å². The quantitative estimate of drug-likeness (QED) is 0.872. The molecule has 116 valence electrons. The van der Waals surface area contributed by atoms with Crippen molar-refractivity contribution in [3.63, 3.8) is 0 Å². The monoisotopic (exact) mass is 378 g/mol. The van der Waals surface area contributed by atoms with E-state index in [9.17, 15) is 17.6 Å². The third-order valence-electron chi connectivity index (χ3n) is 3.37. The van der Waals surface area contributed by atoms with Crippen molar-refractivity contribution < 1.29 is 17.6 Å². The molecule has 0 aromatic heterocycles. The van der Waals surface area contributed by atoms with E-state index in [1.165, 1.54) is 23.4 Å². The highest BCUT2D eigenvalue weighted by Crippen LogP contribution is 2.25. The van der Waals surface area contributed by atoms with Crippen molar-refractivity contribution in [2.24, 2.45) is 0 Å². The van der Waals surface area contributed by atoms with Crippen LogP contribution in [-0.2, 0) is 14.8 Å². The number of piperidine rings is 1. The van der Waals surface area contributed by atoms with Gasteiger partial charge in [0.15, 0.2) is 0 Å². The molecule has 21 heavy (non-hydrogen) atoms. The highest BCUT2D eigenvalue weighted by molar-refractivity contribution is 9.10. The van der Waals surface area contributed by atoms with Gasteiger partial charge in [-0.05, 0) is 31.0 Å². The van der Waals surface area contributed by atoms with Crippen molar-refractivity contribution >= 4 is 31.9 Å². The van der Waals surface area contributed by atoms with Crippen molar-refractivity contribution in [3.8, 4) is 0 Å². The maximum Gasteiger partial charge on any atom is 0.245 e. The fourth-order valence-corrected chi connectivity index (χ4v) is 4.20. The molecule has 1 aromatic rings. The van der Waals surface area contributed by atoms with Gasteiger partial charge < -0.3 is 5.32 Å². The lowest BCUT2D eigenvalue weighted by molar-refractivity contribution is -0.119. The number of nitrogens with zero attached hydrogens (tertiary/aromatic N) is 1. The van der Waals surface area contributed by atoms with Gasteiger partial charge in [0.05, 0.1) is 0 Å². The fourth-order valence-electron chi connectivity index (χ4n) is 2.35. The van der Waals surface area contributed by atoms with Crippen LogP contribution in [0, 0.1) is 5.82 Å². The molecule has 1 amide bonds. The lowest BCUT2D eigenvalue weighted by Crippen LogP contribution is -2.46. The van der Waals surface area contributed by atoms with Crippen LogP contribution in [0.3, 0.4) is 0 Å². The lowest BCUT2D eigenvalue weighted by Gasteiger charge is -2.31. The zero-order chi connectivity index (χ0) is 15.6. The number of hydrogen-bond donors (Lipinski definition) is 1. The summed E-state index contributed by atoms with van der Waals surface area (Å²) in [7, 11) is -3.84. The smallest absolute Gasteiger partial charge is 0.245 e. The molecule has 1 heterocycles. The number of hydrogen-bond acceptors (Lipinski definition) is 3. The molecule has 0 bridgehead atoms. The molecular formula is C13H16BrFN2O3S. The van der Waals surface area contributed by atoms with Gasteiger partial charge in [0.25, 0.3) is 0 Å². The first-order valence-corrected chi connectivity index (χ1v) is 8.76. The van der Waals surface area contributed by atoms with Crippen LogP contribution in [0.15, 0.2) is 27.6 Å². The Balaban J connectivity index is 2.13. The Morgan fingerprint density at radius 1 is 1.38 bits per heavy atom. The van der Waals surface area contributed by atoms with Gasteiger partial charge in [-0.25, -0.2) is 12.8 Å². The molecule has 0 atom stereocenters. The molecule has 1 aliphatic heterocycles. The molecule has 0 unspecified atom stereocenters. The van der Waals surface area contributed by atoms with Gasteiger partial charge in [-0.1, -0.05) is 15.9 Å². The molecule has 1 aliphatic rings. The summed E-state index contributed by atoms with van der Waals surface area (Å²) in [6, 6.07) is 3.87. The van der Waals surface area contributed by atoms with Gasteiger partial charge in [-0.2, -0.15) is 4.31 Å². The maximum absolute atomic E-state index is 13.9. The Hall–Kier alpha value is -0.990. The third-order valence-corrected chi connectivity index (χ3v) is 5.80. The first-order chi connectivity index (χ1) is 9.80. The number of rotatable bonds is 3. The summed E-state index contributed by atoms with van der Waals surface area (Å²) in [5, 5.41) is 2.77. The van der Waals surface area contributed by atoms with Crippen LogP contribution < -0.4 is 5.32 Å². The molecule has 1 saturated heterocycles.